The summed E-state index contributed by atoms with van der Waals surface area (Å²) in [6.45, 7) is 1.38. The average Bonchev–Trinajstić information content (AvgIpc) is 3.23. The molecule has 2 heterocycles. The van der Waals surface area contributed by atoms with Gasteiger partial charge in [0.15, 0.2) is 11.6 Å². The summed E-state index contributed by atoms with van der Waals surface area (Å²) in [7, 11) is 1.42. The molecule has 24 heavy (non-hydrogen) atoms. The Morgan fingerprint density at radius 1 is 1.25 bits per heavy atom. The number of nitrogens with zero attached hydrogens (tertiary/aromatic N) is 2. The van der Waals surface area contributed by atoms with E-state index in [1.54, 1.807) is 0 Å². The SMILES string of the molecule is COc1c(N2CCCC2)c(F)c(N)c2c(=O)[nH]c(=O)n(C3CC3)c12. The number of ether oxygens (including phenoxy) is 1. The van der Waals surface area contributed by atoms with Crippen LogP contribution in [0.25, 0.3) is 10.9 Å². The van der Waals surface area contributed by atoms with Gasteiger partial charge in [-0.25, -0.2) is 9.18 Å². The third kappa shape index (κ3) is 2.02. The molecule has 0 spiro atoms. The number of nitrogens with one attached hydrogen (secondary N) is 1. The molecule has 0 atom stereocenters. The van der Waals surface area contributed by atoms with Gasteiger partial charge in [0.2, 0.25) is 0 Å². The molecule has 1 aliphatic carbocycles. The lowest BCUT2D eigenvalue weighted by Gasteiger charge is -2.24. The molecule has 3 N–H and O–H groups in total. The zero-order valence-corrected chi connectivity index (χ0v) is 13.4. The minimum Gasteiger partial charge on any atom is -0.492 e. The fourth-order valence-electron chi connectivity index (χ4n) is 3.57. The van der Waals surface area contributed by atoms with Gasteiger partial charge in [-0.15, -0.1) is 0 Å². The maximum absolute atomic E-state index is 15.0. The molecule has 1 aromatic heterocycles. The van der Waals surface area contributed by atoms with Gasteiger partial charge in [-0.2, -0.15) is 0 Å². The predicted molar refractivity (Wildman–Crippen MR) is 89.5 cm³/mol. The lowest BCUT2D eigenvalue weighted by molar-refractivity contribution is 0.413. The highest BCUT2D eigenvalue weighted by atomic mass is 19.1. The molecule has 0 radical (unpaired) electrons. The van der Waals surface area contributed by atoms with Gasteiger partial charge < -0.3 is 15.4 Å². The summed E-state index contributed by atoms with van der Waals surface area (Å²) in [5.41, 5.74) is 5.08. The summed E-state index contributed by atoms with van der Waals surface area (Å²) in [6, 6.07) is -0.0120. The Kier molecular flexibility index (Phi) is 3.29. The van der Waals surface area contributed by atoms with Crippen molar-refractivity contribution in [1.29, 1.82) is 0 Å². The molecule has 1 saturated carbocycles. The third-order valence-electron chi connectivity index (χ3n) is 4.83. The number of aromatic amines is 1. The van der Waals surface area contributed by atoms with Crippen LogP contribution in [0, 0.1) is 5.82 Å². The zero-order chi connectivity index (χ0) is 17.0. The fraction of sp³-hybridized carbons (Fsp3) is 0.500. The van der Waals surface area contributed by atoms with Gasteiger partial charge in [0.1, 0.15) is 11.2 Å². The molecular weight excluding hydrogens is 315 g/mol. The van der Waals surface area contributed by atoms with Crippen LogP contribution in [-0.4, -0.2) is 29.8 Å². The first-order chi connectivity index (χ1) is 11.5. The number of anilines is 2. The van der Waals surface area contributed by atoms with E-state index in [1.165, 1.54) is 11.7 Å². The molecule has 2 aromatic rings. The van der Waals surface area contributed by atoms with Gasteiger partial charge >= 0.3 is 5.69 Å². The molecule has 2 aliphatic rings. The molecule has 1 aromatic carbocycles. The summed E-state index contributed by atoms with van der Waals surface area (Å²) in [6.07, 6.45) is 3.57. The van der Waals surface area contributed by atoms with Crippen molar-refractivity contribution in [3.63, 3.8) is 0 Å². The van der Waals surface area contributed by atoms with Gasteiger partial charge in [-0.1, -0.05) is 0 Å². The van der Waals surface area contributed by atoms with E-state index in [1.807, 2.05) is 4.90 Å². The number of halogens is 1. The number of methoxy groups -OCH3 is 1. The Balaban J connectivity index is 2.18. The molecule has 8 heteroatoms. The van der Waals surface area contributed by atoms with Gasteiger partial charge in [-0.05, 0) is 25.7 Å². The van der Waals surface area contributed by atoms with Crippen LogP contribution in [0.1, 0.15) is 31.7 Å². The number of nitrogens with two attached hydrogens (primary N) is 1. The van der Waals surface area contributed by atoms with Crippen LogP contribution in [0.4, 0.5) is 15.8 Å². The van der Waals surface area contributed by atoms with E-state index in [4.69, 9.17) is 10.5 Å². The largest absolute Gasteiger partial charge is 0.492 e. The van der Waals surface area contributed by atoms with Crippen molar-refractivity contribution >= 4 is 22.3 Å². The first-order valence-corrected chi connectivity index (χ1v) is 8.13. The number of hydrogen-bond acceptors (Lipinski definition) is 5. The van der Waals surface area contributed by atoms with Crippen molar-refractivity contribution in [2.75, 3.05) is 30.8 Å². The highest BCUT2D eigenvalue weighted by molar-refractivity contribution is 5.99. The van der Waals surface area contributed by atoms with E-state index >= 15 is 0 Å². The van der Waals surface area contributed by atoms with E-state index in [0.29, 0.717) is 18.6 Å². The summed E-state index contributed by atoms with van der Waals surface area (Å²) < 4.78 is 21.9. The molecule has 0 amide bonds. The van der Waals surface area contributed by atoms with Crippen LogP contribution >= 0.6 is 0 Å². The number of benzene rings is 1. The van der Waals surface area contributed by atoms with Crippen molar-refractivity contribution < 1.29 is 9.13 Å². The lowest BCUT2D eigenvalue weighted by atomic mass is 10.1. The van der Waals surface area contributed by atoms with E-state index in [-0.39, 0.29) is 28.6 Å². The van der Waals surface area contributed by atoms with Crippen molar-refractivity contribution in [3.05, 3.63) is 26.7 Å². The topological polar surface area (TPSA) is 93.3 Å². The van der Waals surface area contributed by atoms with Crippen LogP contribution < -0.4 is 26.6 Å². The highest BCUT2D eigenvalue weighted by Crippen LogP contribution is 2.45. The van der Waals surface area contributed by atoms with Crippen molar-refractivity contribution in [1.82, 2.24) is 9.55 Å². The standard InChI is InChI=1S/C16H19FN4O3/c1-24-14-12-9(15(22)19-16(23)21(12)8-4-5-8)11(18)10(17)13(14)20-6-2-3-7-20/h8H,2-7,18H2,1H3,(H,19,22,23). The number of fused-ring (bicyclic) bond motifs is 1. The van der Waals surface area contributed by atoms with Crippen molar-refractivity contribution in [3.8, 4) is 5.75 Å². The average molecular weight is 334 g/mol. The normalized spacial score (nSPS) is 17.7. The summed E-state index contributed by atoms with van der Waals surface area (Å²) >= 11 is 0. The van der Waals surface area contributed by atoms with E-state index in [9.17, 15) is 14.0 Å². The Bertz CT molecular complexity index is 939. The third-order valence-corrected chi connectivity index (χ3v) is 4.83. The smallest absolute Gasteiger partial charge is 0.329 e. The molecule has 0 unspecified atom stereocenters. The number of aromatic nitrogens is 2. The van der Waals surface area contributed by atoms with E-state index in [0.717, 1.165) is 25.7 Å². The quantitative estimate of drug-likeness (QED) is 0.827. The monoisotopic (exact) mass is 334 g/mol. The molecule has 7 nitrogen and oxygen atoms in total. The fourth-order valence-corrected chi connectivity index (χ4v) is 3.57. The Labute approximate surface area is 136 Å². The Morgan fingerprint density at radius 2 is 1.92 bits per heavy atom. The second kappa shape index (κ2) is 5.25. The van der Waals surface area contributed by atoms with E-state index in [2.05, 4.69) is 4.98 Å². The van der Waals surface area contributed by atoms with E-state index < -0.39 is 17.1 Å². The second-order valence-electron chi connectivity index (χ2n) is 6.39. The van der Waals surface area contributed by atoms with Crippen LogP contribution in [0.2, 0.25) is 0 Å². The van der Waals surface area contributed by atoms with Crippen LogP contribution in [0.15, 0.2) is 9.59 Å². The van der Waals surface area contributed by atoms with Crippen molar-refractivity contribution in [2.45, 2.75) is 31.7 Å². The summed E-state index contributed by atoms with van der Waals surface area (Å²) in [5, 5.41) is -0.0150. The summed E-state index contributed by atoms with van der Waals surface area (Å²) in [5.74, 6) is -0.443. The number of hydrogen-bond donors (Lipinski definition) is 2. The van der Waals surface area contributed by atoms with Crippen molar-refractivity contribution in [2.24, 2.45) is 0 Å². The molecule has 2 fully saturated rings. The first-order valence-electron chi connectivity index (χ1n) is 8.13. The van der Waals surface area contributed by atoms with Crippen LogP contribution in [-0.2, 0) is 0 Å². The minimum atomic E-state index is -0.686. The predicted octanol–water partition coefficient (Wildman–Crippen LogP) is 1.35. The maximum atomic E-state index is 15.0. The van der Waals surface area contributed by atoms with Gasteiger partial charge in [0.25, 0.3) is 5.56 Å². The van der Waals surface area contributed by atoms with Gasteiger partial charge in [0.05, 0.1) is 18.2 Å². The molecular formula is C16H19FN4O3. The Hall–Kier alpha value is -2.51. The molecule has 1 aliphatic heterocycles. The summed E-state index contributed by atoms with van der Waals surface area (Å²) in [4.78, 5) is 28.7. The number of nitrogen functional groups attached to an aromatic ring is 1. The maximum Gasteiger partial charge on any atom is 0.329 e. The minimum absolute atomic E-state index is 0.0120. The molecule has 1 saturated heterocycles. The zero-order valence-electron chi connectivity index (χ0n) is 13.4. The van der Waals surface area contributed by atoms with Gasteiger partial charge in [-0.3, -0.25) is 14.3 Å². The highest BCUT2D eigenvalue weighted by Gasteiger charge is 2.33. The number of H-pyrrole nitrogens is 1. The second-order valence-corrected chi connectivity index (χ2v) is 6.39. The van der Waals surface area contributed by atoms with Gasteiger partial charge in [0, 0.05) is 19.1 Å². The lowest BCUT2D eigenvalue weighted by Crippen LogP contribution is -2.31. The molecule has 128 valence electrons. The number of rotatable bonds is 3. The van der Waals surface area contributed by atoms with Crippen LogP contribution in [0.3, 0.4) is 0 Å². The molecule has 0 bridgehead atoms. The molecule has 4 rings (SSSR count). The first kappa shape index (κ1) is 15.0. The van der Waals surface area contributed by atoms with Crippen LogP contribution in [0.5, 0.6) is 5.75 Å². The Morgan fingerprint density at radius 3 is 2.50 bits per heavy atom.